The Morgan fingerprint density at radius 1 is 0.857 bits per heavy atom. The van der Waals surface area contributed by atoms with Crippen LogP contribution >= 0.6 is 47.9 Å². The number of hydrogen-bond acceptors (Lipinski definition) is 4. The van der Waals surface area contributed by atoms with Gasteiger partial charge in [-0.25, -0.2) is 0 Å². The first-order valence-electron chi connectivity index (χ1n) is 11.5. The highest BCUT2D eigenvalue weighted by atomic mass is 32.2. The van der Waals surface area contributed by atoms with Crippen LogP contribution in [0.3, 0.4) is 0 Å². The fraction of sp³-hybridized carbons (Fsp3) is 0.833. The van der Waals surface area contributed by atoms with Crippen LogP contribution in [-0.2, 0) is 0 Å². The van der Waals surface area contributed by atoms with E-state index in [0.29, 0.717) is 5.25 Å². The highest BCUT2D eigenvalue weighted by Gasteiger charge is 2.40. The van der Waals surface area contributed by atoms with E-state index in [4.69, 9.17) is 12.6 Å². The molecule has 1 aliphatic rings. The SMILES string of the molecule is CCCCCCCCSC1C(SC)=C(S)C=CC1(CCCCCCCC)SC. The van der Waals surface area contributed by atoms with Crippen molar-refractivity contribution in [2.24, 2.45) is 0 Å². The average molecular weight is 461 g/mol. The molecule has 2 unspecified atom stereocenters. The minimum atomic E-state index is 0.252. The Labute approximate surface area is 194 Å². The highest BCUT2D eigenvalue weighted by molar-refractivity contribution is 8.07. The highest BCUT2D eigenvalue weighted by Crippen LogP contribution is 2.50. The normalized spacial score (nSPS) is 22.2. The Hall–Kier alpha value is 0.880. The van der Waals surface area contributed by atoms with Crippen molar-refractivity contribution >= 4 is 47.9 Å². The quantitative estimate of drug-likeness (QED) is 0.170. The van der Waals surface area contributed by atoms with Gasteiger partial charge >= 0.3 is 0 Å². The molecule has 0 N–H and O–H groups in total. The van der Waals surface area contributed by atoms with Gasteiger partial charge in [-0.1, -0.05) is 96.6 Å². The molecule has 0 saturated carbocycles. The lowest BCUT2D eigenvalue weighted by Crippen LogP contribution is -2.38. The van der Waals surface area contributed by atoms with Crippen LogP contribution in [-0.4, -0.2) is 28.3 Å². The summed E-state index contributed by atoms with van der Waals surface area (Å²) in [5, 5.41) is 0.571. The second kappa shape index (κ2) is 16.6. The molecule has 0 aromatic heterocycles. The molecule has 2 atom stereocenters. The summed E-state index contributed by atoms with van der Waals surface area (Å²) in [6.07, 6.45) is 27.2. The summed E-state index contributed by atoms with van der Waals surface area (Å²) in [7, 11) is 0. The lowest BCUT2D eigenvalue weighted by atomic mass is 9.92. The van der Waals surface area contributed by atoms with Gasteiger partial charge in [0, 0.05) is 9.81 Å². The van der Waals surface area contributed by atoms with Crippen molar-refractivity contribution in [2.45, 2.75) is 107 Å². The molecule has 0 bridgehead atoms. The summed E-state index contributed by atoms with van der Waals surface area (Å²) < 4.78 is 0.252. The summed E-state index contributed by atoms with van der Waals surface area (Å²) in [6.45, 7) is 4.59. The first kappa shape index (κ1) is 26.9. The minimum absolute atomic E-state index is 0.252. The summed E-state index contributed by atoms with van der Waals surface area (Å²) >= 11 is 11.0. The third-order valence-corrected chi connectivity index (χ3v) is 10.3. The molecule has 164 valence electrons. The summed E-state index contributed by atoms with van der Waals surface area (Å²) in [4.78, 5) is 2.70. The van der Waals surface area contributed by atoms with E-state index in [-0.39, 0.29) is 4.75 Å². The van der Waals surface area contributed by atoms with Crippen LogP contribution < -0.4 is 0 Å². The number of thioether (sulfide) groups is 3. The predicted octanol–water partition coefficient (Wildman–Crippen LogP) is 9.38. The molecule has 0 aromatic rings. The van der Waals surface area contributed by atoms with Crippen molar-refractivity contribution in [3.8, 4) is 0 Å². The lowest BCUT2D eigenvalue weighted by molar-refractivity contribution is 0.549. The van der Waals surface area contributed by atoms with Gasteiger partial charge in [-0.05, 0) is 31.1 Å². The monoisotopic (exact) mass is 460 g/mol. The summed E-state index contributed by atoms with van der Waals surface area (Å²) in [5.74, 6) is 1.29. The van der Waals surface area contributed by atoms with Crippen molar-refractivity contribution in [2.75, 3.05) is 18.3 Å². The van der Waals surface area contributed by atoms with E-state index in [1.807, 2.05) is 11.8 Å². The number of hydrogen-bond donors (Lipinski definition) is 1. The molecule has 0 aliphatic heterocycles. The Morgan fingerprint density at radius 2 is 1.43 bits per heavy atom. The largest absolute Gasteiger partial charge is 0.153 e. The molecule has 0 heterocycles. The molecular formula is C24H44S4. The van der Waals surface area contributed by atoms with E-state index in [9.17, 15) is 0 Å². The van der Waals surface area contributed by atoms with Gasteiger partial charge in [-0.2, -0.15) is 23.5 Å². The van der Waals surface area contributed by atoms with Crippen LogP contribution in [0.5, 0.6) is 0 Å². The van der Waals surface area contributed by atoms with Gasteiger partial charge in [0.05, 0.1) is 10.00 Å². The van der Waals surface area contributed by atoms with Gasteiger partial charge in [0.2, 0.25) is 0 Å². The number of rotatable bonds is 17. The van der Waals surface area contributed by atoms with Crippen LogP contribution in [0.1, 0.15) is 97.3 Å². The lowest BCUT2D eigenvalue weighted by Gasteiger charge is -2.41. The Kier molecular flexibility index (Phi) is 15.9. The van der Waals surface area contributed by atoms with Gasteiger partial charge in [0.1, 0.15) is 0 Å². The van der Waals surface area contributed by atoms with Crippen LogP contribution in [0.2, 0.25) is 0 Å². The van der Waals surface area contributed by atoms with E-state index in [2.05, 4.69) is 62.0 Å². The smallest absolute Gasteiger partial charge is 0.0549 e. The predicted molar refractivity (Wildman–Crippen MR) is 143 cm³/mol. The van der Waals surface area contributed by atoms with Crippen LogP contribution in [0.15, 0.2) is 22.0 Å². The molecule has 4 heteroatoms. The van der Waals surface area contributed by atoms with Crippen molar-refractivity contribution in [1.29, 1.82) is 0 Å². The number of thiol groups is 1. The zero-order chi connectivity index (χ0) is 20.7. The molecule has 1 rings (SSSR count). The van der Waals surface area contributed by atoms with Crippen molar-refractivity contribution < 1.29 is 0 Å². The minimum Gasteiger partial charge on any atom is -0.153 e. The third-order valence-electron chi connectivity index (χ3n) is 5.76. The Balaban J connectivity index is 2.61. The fourth-order valence-corrected chi connectivity index (χ4v) is 8.51. The van der Waals surface area contributed by atoms with Crippen LogP contribution in [0.25, 0.3) is 0 Å². The van der Waals surface area contributed by atoms with E-state index >= 15 is 0 Å². The third kappa shape index (κ3) is 9.35. The van der Waals surface area contributed by atoms with Gasteiger partial charge in [-0.15, -0.1) is 24.4 Å². The molecule has 1 aliphatic carbocycles. The molecule has 0 fully saturated rings. The van der Waals surface area contributed by atoms with Gasteiger partial charge in [-0.3, -0.25) is 0 Å². The first-order valence-corrected chi connectivity index (χ1v) is 15.4. The number of allylic oxidation sites excluding steroid dienone is 1. The maximum Gasteiger partial charge on any atom is 0.0549 e. The number of unbranched alkanes of at least 4 members (excludes halogenated alkanes) is 10. The average Bonchev–Trinajstić information content (AvgIpc) is 2.71. The zero-order valence-electron chi connectivity index (χ0n) is 18.8. The first-order chi connectivity index (χ1) is 13.6. The second-order valence-corrected chi connectivity index (χ2v) is 11.7. The van der Waals surface area contributed by atoms with E-state index in [1.54, 1.807) is 0 Å². The van der Waals surface area contributed by atoms with Crippen molar-refractivity contribution in [1.82, 2.24) is 0 Å². The summed E-state index contributed by atoms with van der Waals surface area (Å²) in [6, 6.07) is 0. The van der Waals surface area contributed by atoms with Gasteiger partial charge in [0.25, 0.3) is 0 Å². The molecule has 0 saturated heterocycles. The van der Waals surface area contributed by atoms with Crippen molar-refractivity contribution in [3.05, 3.63) is 22.0 Å². The molecule has 0 spiro atoms. The van der Waals surface area contributed by atoms with Crippen molar-refractivity contribution in [3.63, 3.8) is 0 Å². The van der Waals surface area contributed by atoms with Crippen LogP contribution in [0, 0.1) is 0 Å². The molecule has 0 radical (unpaired) electrons. The molecule has 0 aromatic carbocycles. The molecular weight excluding hydrogens is 417 g/mol. The fourth-order valence-electron chi connectivity index (χ4n) is 3.93. The maximum absolute atomic E-state index is 4.81. The summed E-state index contributed by atoms with van der Waals surface area (Å²) in [5.41, 5.74) is 0. The standard InChI is InChI=1S/C24H44S4/c1-5-7-9-11-13-15-18-24(27-4)19-17-21(25)22(26-3)23(24)28-20-16-14-12-10-8-6-2/h17,19,23,25H,5-16,18,20H2,1-4H3. The Morgan fingerprint density at radius 3 is 2.00 bits per heavy atom. The Bertz CT molecular complexity index is 458. The maximum atomic E-state index is 4.81. The topological polar surface area (TPSA) is 0 Å². The van der Waals surface area contributed by atoms with E-state index in [0.717, 1.165) is 0 Å². The van der Waals surface area contributed by atoms with Crippen LogP contribution in [0.4, 0.5) is 0 Å². The molecule has 0 amide bonds. The van der Waals surface area contributed by atoms with Gasteiger partial charge < -0.3 is 0 Å². The zero-order valence-corrected chi connectivity index (χ0v) is 22.1. The second-order valence-electron chi connectivity index (χ2n) is 7.98. The molecule has 28 heavy (non-hydrogen) atoms. The van der Waals surface area contributed by atoms with Gasteiger partial charge in [0.15, 0.2) is 0 Å². The van der Waals surface area contributed by atoms with E-state index < -0.39 is 0 Å². The molecule has 0 nitrogen and oxygen atoms in total. The van der Waals surface area contributed by atoms with E-state index in [1.165, 1.54) is 99.0 Å².